The zero-order valence-electron chi connectivity index (χ0n) is 12.4. The molecule has 1 saturated heterocycles. The first-order valence-electron chi connectivity index (χ1n) is 7.00. The number of rotatable bonds is 2. The van der Waals surface area contributed by atoms with Gasteiger partial charge in [0, 0.05) is 5.56 Å². The second kappa shape index (κ2) is 6.48. The summed E-state index contributed by atoms with van der Waals surface area (Å²) in [6, 6.07) is 16.6. The van der Waals surface area contributed by atoms with Gasteiger partial charge in [-0.1, -0.05) is 72.0 Å². The van der Waals surface area contributed by atoms with Gasteiger partial charge in [-0.2, -0.15) is 0 Å². The summed E-state index contributed by atoms with van der Waals surface area (Å²) in [5.74, 6) is -0.751. The maximum Gasteiger partial charge on any atom is 0.273 e. The number of amides is 2. The standard InChI is InChI=1S/C18H13NO2S2/c1-12-7-9-14(10-8-12)16(20)19-17(21)15(23-18(19)22)11-13-5-3-2-4-6-13/h2-11H,1H3. The summed E-state index contributed by atoms with van der Waals surface area (Å²) in [5.41, 5.74) is 2.40. The van der Waals surface area contributed by atoms with Crippen LogP contribution in [0.25, 0.3) is 6.08 Å². The van der Waals surface area contributed by atoms with Gasteiger partial charge in [-0.3, -0.25) is 9.59 Å². The average Bonchev–Trinajstić information content (AvgIpc) is 2.82. The maximum atomic E-state index is 12.6. The molecule has 1 fully saturated rings. The molecule has 0 aliphatic carbocycles. The Morgan fingerprint density at radius 3 is 2.39 bits per heavy atom. The molecule has 2 aromatic rings. The predicted octanol–water partition coefficient (Wildman–Crippen LogP) is 4.04. The predicted molar refractivity (Wildman–Crippen MR) is 97.0 cm³/mol. The van der Waals surface area contributed by atoms with E-state index in [-0.39, 0.29) is 16.1 Å². The second-order valence-corrected chi connectivity index (χ2v) is 6.77. The minimum atomic E-state index is -0.385. The number of imide groups is 1. The van der Waals surface area contributed by atoms with E-state index in [0.29, 0.717) is 10.5 Å². The van der Waals surface area contributed by atoms with E-state index in [2.05, 4.69) is 0 Å². The van der Waals surface area contributed by atoms with Gasteiger partial charge in [0.25, 0.3) is 11.8 Å². The highest BCUT2D eigenvalue weighted by atomic mass is 32.2. The molecule has 5 heteroatoms. The van der Waals surface area contributed by atoms with Crippen molar-refractivity contribution in [1.82, 2.24) is 4.90 Å². The zero-order chi connectivity index (χ0) is 16.4. The van der Waals surface area contributed by atoms with Crippen LogP contribution in [-0.2, 0) is 4.79 Å². The van der Waals surface area contributed by atoms with Crippen LogP contribution in [0, 0.1) is 6.92 Å². The SMILES string of the molecule is Cc1ccc(C(=O)N2C(=O)C(=Cc3ccccc3)SC2=S)cc1. The highest BCUT2D eigenvalue weighted by Gasteiger charge is 2.37. The molecule has 23 heavy (non-hydrogen) atoms. The van der Waals surface area contributed by atoms with Gasteiger partial charge in [0.05, 0.1) is 4.91 Å². The molecule has 0 bridgehead atoms. The molecule has 0 N–H and O–H groups in total. The average molecular weight is 339 g/mol. The Labute approximate surface area is 144 Å². The summed E-state index contributed by atoms with van der Waals surface area (Å²) in [6.07, 6.45) is 1.75. The molecule has 0 atom stereocenters. The molecule has 1 aliphatic heterocycles. The Kier molecular flexibility index (Phi) is 4.41. The first-order chi connectivity index (χ1) is 11.1. The van der Waals surface area contributed by atoms with E-state index in [1.807, 2.05) is 49.4 Å². The van der Waals surface area contributed by atoms with E-state index in [1.165, 1.54) is 0 Å². The fourth-order valence-corrected chi connectivity index (χ4v) is 3.42. The number of carbonyl (C=O) groups excluding carboxylic acids is 2. The van der Waals surface area contributed by atoms with Crippen LogP contribution in [0.15, 0.2) is 59.5 Å². The van der Waals surface area contributed by atoms with Crippen LogP contribution < -0.4 is 0 Å². The van der Waals surface area contributed by atoms with Crippen molar-refractivity contribution >= 4 is 46.2 Å². The fraction of sp³-hybridized carbons (Fsp3) is 0.0556. The molecule has 0 radical (unpaired) electrons. The van der Waals surface area contributed by atoms with E-state index in [9.17, 15) is 9.59 Å². The van der Waals surface area contributed by atoms with Crippen molar-refractivity contribution in [2.45, 2.75) is 6.92 Å². The molecule has 0 aromatic heterocycles. The molecule has 1 heterocycles. The first kappa shape index (κ1) is 15.6. The second-order valence-electron chi connectivity index (χ2n) is 5.10. The van der Waals surface area contributed by atoms with Crippen LogP contribution in [0.1, 0.15) is 21.5 Å². The molecule has 2 amide bonds. The number of hydrogen-bond acceptors (Lipinski definition) is 4. The Morgan fingerprint density at radius 2 is 1.74 bits per heavy atom. The number of carbonyl (C=O) groups is 2. The summed E-state index contributed by atoms with van der Waals surface area (Å²) in [4.78, 5) is 26.6. The smallest absolute Gasteiger partial charge is 0.268 e. The van der Waals surface area contributed by atoms with Gasteiger partial charge in [-0.25, -0.2) is 4.90 Å². The van der Waals surface area contributed by atoms with E-state index < -0.39 is 0 Å². The molecule has 3 rings (SSSR count). The molecular formula is C18H13NO2S2. The summed E-state index contributed by atoms with van der Waals surface area (Å²) in [7, 11) is 0. The van der Waals surface area contributed by atoms with E-state index in [4.69, 9.17) is 12.2 Å². The third-order valence-electron chi connectivity index (χ3n) is 3.39. The van der Waals surface area contributed by atoms with Gasteiger partial charge in [0.1, 0.15) is 0 Å². The van der Waals surface area contributed by atoms with Crippen molar-refractivity contribution in [1.29, 1.82) is 0 Å². The fourth-order valence-electron chi connectivity index (χ4n) is 2.17. The van der Waals surface area contributed by atoms with Gasteiger partial charge >= 0.3 is 0 Å². The number of nitrogens with zero attached hydrogens (tertiary/aromatic N) is 1. The number of aryl methyl sites for hydroxylation is 1. The molecule has 0 unspecified atom stereocenters. The highest BCUT2D eigenvalue weighted by molar-refractivity contribution is 8.26. The minimum Gasteiger partial charge on any atom is -0.268 e. The Bertz CT molecular complexity index is 811. The van der Waals surface area contributed by atoms with Crippen molar-refractivity contribution in [2.75, 3.05) is 0 Å². The summed E-state index contributed by atoms with van der Waals surface area (Å²) >= 11 is 6.37. The van der Waals surface area contributed by atoms with Crippen molar-refractivity contribution in [3.05, 3.63) is 76.2 Å². The van der Waals surface area contributed by atoms with Crippen molar-refractivity contribution < 1.29 is 9.59 Å². The van der Waals surface area contributed by atoms with Gasteiger partial charge in [-0.05, 0) is 30.7 Å². The third kappa shape index (κ3) is 3.25. The molecule has 3 nitrogen and oxygen atoms in total. The minimum absolute atomic E-state index is 0.266. The Hall–Kier alpha value is -2.24. The molecule has 0 saturated carbocycles. The van der Waals surface area contributed by atoms with Crippen LogP contribution in [-0.4, -0.2) is 21.0 Å². The van der Waals surface area contributed by atoms with Crippen molar-refractivity contribution in [3.63, 3.8) is 0 Å². The topological polar surface area (TPSA) is 37.4 Å². The lowest BCUT2D eigenvalue weighted by Gasteiger charge is -2.12. The van der Waals surface area contributed by atoms with Crippen LogP contribution in [0.2, 0.25) is 0 Å². The lowest BCUT2D eigenvalue weighted by atomic mass is 10.1. The normalized spacial score (nSPS) is 16.2. The first-order valence-corrected chi connectivity index (χ1v) is 8.23. The molecule has 0 spiro atoms. The number of benzene rings is 2. The molecule has 2 aromatic carbocycles. The number of hydrogen-bond donors (Lipinski definition) is 0. The van der Waals surface area contributed by atoms with Crippen LogP contribution >= 0.6 is 24.0 Å². The quantitative estimate of drug-likeness (QED) is 0.470. The van der Waals surface area contributed by atoms with Crippen LogP contribution in [0.3, 0.4) is 0 Å². The van der Waals surface area contributed by atoms with E-state index in [0.717, 1.165) is 27.8 Å². The van der Waals surface area contributed by atoms with Gasteiger partial charge < -0.3 is 0 Å². The lowest BCUT2D eigenvalue weighted by Crippen LogP contribution is -2.34. The Balaban J connectivity index is 1.88. The monoisotopic (exact) mass is 339 g/mol. The largest absolute Gasteiger partial charge is 0.273 e. The number of thioether (sulfide) groups is 1. The highest BCUT2D eigenvalue weighted by Crippen LogP contribution is 2.33. The van der Waals surface area contributed by atoms with Crippen LogP contribution in [0.4, 0.5) is 0 Å². The Morgan fingerprint density at radius 1 is 1.09 bits per heavy atom. The van der Waals surface area contributed by atoms with Gasteiger partial charge in [-0.15, -0.1) is 0 Å². The van der Waals surface area contributed by atoms with Gasteiger partial charge in [0.15, 0.2) is 4.32 Å². The summed E-state index contributed by atoms with van der Waals surface area (Å²) < 4.78 is 0.266. The molecule has 114 valence electrons. The zero-order valence-corrected chi connectivity index (χ0v) is 14.0. The lowest BCUT2D eigenvalue weighted by molar-refractivity contribution is -0.120. The van der Waals surface area contributed by atoms with Crippen molar-refractivity contribution in [2.24, 2.45) is 0 Å². The maximum absolute atomic E-state index is 12.6. The molecular weight excluding hydrogens is 326 g/mol. The van der Waals surface area contributed by atoms with Crippen molar-refractivity contribution in [3.8, 4) is 0 Å². The third-order valence-corrected chi connectivity index (χ3v) is 4.69. The summed E-state index contributed by atoms with van der Waals surface area (Å²) in [6.45, 7) is 1.94. The van der Waals surface area contributed by atoms with E-state index in [1.54, 1.807) is 18.2 Å². The summed E-state index contributed by atoms with van der Waals surface area (Å²) in [5, 5.41) is 0. The molecule has 1 aliphatic rings. The van der Waals surface area contributed by atoms with Crippen LogP contribution in [0.5, 0.6) is 0 Å². The number of thiocarbonyl (C=S) groups is 1. The van der Waals surface area contributed by atoms with E-state index >= 15 is 0 Å². The van der Waals surface area contributed by atoms with Gasteiger partial charge in [0.2, 0.25) is 0 Å².